The summed E-state index contributed by atoms with van der Waals surface area (Å²) in [4.78, 5) is 26.0. The summed E-state index contributed by atoms with van der Waals surface area (Å²) < 4.78 is 0. The number of anilines is 1. The molecule has 0 bridgehead atoms. The lowest BCUT2D eigenvalue weighted by molar-refractivity contribution is -0.137. The van der Waals surface area contributed by atoms with Crippen LogP contribution in [-0.2, 0) is 16.0 Å². The van der Waals surface area contributed by atoms with Gasteiger partial charge in [-0.15, -0.1) is 0 Å². The Morgan fingerprint density at radius 3 is 2.29 bits per heavy atom. The maximum Gasteiger partial charge on any atom is 0.278 e. The molecule has 2 aromatic rings. The summed E-state index contributed by atoms with van der Waals surface area (Å²) in [6, 6.07) is 17.2. The average molecular weight is 341 g/mol. The molecule has 24 heavy (non-hydrogen) atoms. The summed E-state index contributed by atoms with van der Waals surface area (Å²) in [5.74, 6) is -0.839. The van der Waals surface area contributed by atoms with E-state index in [1.54, 1.807) is 0 Å². The van der Waals surface area contributed by atoms with Crippen LogP contribution in [-0.4, -0.2) is 23.3 Å². The van der Waals surface area contributed by atoms with Gasteiger partial charge in [0.1, 0.15) is 10.7 Å². The molecule has 0 atom stereocenters. The normalized spacial score (nSPS) is 14.5. The standard InChI is InChI=1S/C19H17ClN2O2/c1-13-7-9-15(10-8-13)21-17-16(20)18(23)22(19(17)24)12-11-14-5-3-2-4-6-14/h2-10,21H,11-12H2,1H3. The number of imide groups is 1. The molecule has 0 spiro atoms. The highest BCUT2D eigenvalue weighted by atomic mass is 35.5. The molecule has 4 nitrogen and oxygen atoms in total. The van der Waals surface area contributed by atoms with E-state index in [2.05, 4.69) is 5.32 Å². The van der Waals surface area contributed by atoms with E-state index < -0.39 is 5.91 Å². The SMILES string of the molecule is Cc1ccc(NC2=C(Cl)C(=O)N(CCc3ccccc3)C2=O)cc1. The molecule has 0 unspecified atom stereocenters. The Morgan fingerprint density at radius 2 is 1.62 bits per heavy atom. The average Bonchev–Trinajstić information content (AvgIpc) is 2.79. The van der Waals surface area contributed by atoms with Crippen LogP contribution in [0.5, 0.6) is 0 Å². The first kappa shape index (κ1) is 16.3. The lowest BCUT2D eigenvalue weighted by atomic mass is 10.1. The van der Waals surface area contributed by atoms with Gasteiger partial charge >= 0.3 is 0 Å². The van der Waals surface area contributed by atoms with Gasteiger partial charge in [0, 0.05) is 12.2 Å². The lowest BCUT2D eigenvalue weighted by Gasteiger charge is -2.15. The Labute approximate surface area is 145 Å². The number of nitrogens with zero attached hydrogens (tertiary/aromatic N) is 1. The van der Waals surface area contributed by atoms with Crippen molar-refractivity contribution in [3.63, 3.8) is 0 Å². The van der Waals surface area contributed by atoms with Gasteiger partial charge in [0.05, 0.1) is 0 Å². The number of nitrogens with one attached hydrogen (secondary N) is 1. The third kappa shape index (κ3) is 3.34. The van der Waals surface area contributed by atoms with Crippen molar-refractivity contribution in [3.05, 3.63) is 76.5 Å². The molecule has 2 amide bonds. The van der Waals surface area contributed by atoms with E-state index in [1.807, 2.05) is 61.5 Å². The van der Waals surface area contributed by atoms with Crippen LogP contribution in [0, 0.1) is 6.92 Å². The minimum atomic E-state index is -0.452. The van der Waals surface area contributed by atoms with Gasteiger partial charge in [0.2, 0.25) is 0 Å². The number of carbonyl (C=O) groups is 2. The van der Waals surface area contributed by atoms with E-state index in [9.17, 15) is 9.59 Å². The first-order valence-electron chi connectivity index (χ1n) is 7.70. The van der Waals surface area contributed by atoms with Crippen molar-refractivity contribution < 1.29 is 9.59 Å². The van der Waals surface area contributed by atoms with Crippen molar-refractivity contribution in [1.29, 1.82) is 0 Å². The second-order valence-electron chi connectivity index (χ2n) is 5.68. The van der Waals surface area contributed by atoms with Gasteiger partial charge in [-0.3, -0.25) is 14.5 Å². The van der Waals surface area contributed by atoms with Gasteiger partial charge < -0.3 is 5.32 Å². The number of benzene rings is 2. The van der Waals surface area contributed by atoms with E-state index in [-0.39, 0.29) is 16.6 Å². The molecule has 1 aliphatic heterocycles. The third-order valence-corrected chi connectivity index (χ3v) is 4.25. The molecule has 0 radical (unpaired) electrons. The second-order valence-corrected chi connectivity index (χ2v) is 6.06. The molecule has 1 aliphatic rings. The number of hydrogen-bond donors (Lipinski definition) is 1. The smallest absolute Gasteiger partial charge is 0.278 e. The molecule has 1 heterocycles. The molecule has 0 saturated heterocycles. The molecule has 0 saturated carbocycles. The van der Waals surface area contributed by atoms with Gasteiger partial charge in [-0.05, 0) is 31.0 Å². The van der Waals surface area contributed by atoms with Crippen LogP contribution in [0.3, 0.4) is 0 Å². The Morgan fingerprint density at radius 1 is 0.958 bits per heavy atom. The van der Waals surface area contributed by atoms with E-state index in [4.69, 9.17) is 11.6 Å². The van der Waals surface area contributed by atoms with Crippen LogP contribution >= 0.6 is 11.6 Å². The van der Waals surface area contributed by atoms with Crippen molar-refractivity contribution in [2.75, 3.05) is 11.9 Å². The predicted molar refractivity (Wildman–Crippen MR) is 94.5 cm³/mol. The van der Waals surface area contributed by atoms with Crippen molar-refractivity contribution in [1.82, 2.24) is 4.90 Å². The molecule has 0 aromatic heterocycles. The van der Waals surface area contributed by atoms with Gasteiger partial charge in [0.25, 0.3) is 11.8 Å². The van der Waals surface area contributed by atoms with Crippen LogP contribution in [0.4, 0.5) is 5.69 Å². The van der Waals surface area contributed by atoms with Crippen molar-refractivity contribution >= 4 is 29.1 Å². The monoisotopic (exact) mass is 340 g/mol. The largest absolute Gasteiger partial charge is 0.350 e. The summed E-state index contributed by atoms with van der Waals surface area (Å²) in [5.41, 5.74) is 3.03. The quantitative estimate of drug-likeness (QED) is 0.848. The molecule has 0 aliphatic carbocycles. The zero-order chi connectivity index (χ0) is 17.1. The Hall–Kier alpha value is -2.59. The molecule has 1 N–H and O–H groups in total. The van der Waals surface area contributed by atoms with Gasteiger partial charge in [-0.2, -0.15) is 0 Å². The molecule has 122 valence electrons. The minimum absolute atomic E-state index is 0.0614. The van der Waals surface area contributed by atoms with Crippen molar-refractivity contribution in [3.8, 4) is 0 Å². The number of hydrogen-bond acceptors (Lipinski definition) is 3. The number of halogens is 1. The fraction of sp³-hybridized carbons (Fsp3) is 0.158. The topological polar surface area (TPSA) is 49.4 Å². The van der Waals surface area contributed by atoms with Gasteiger partial charge in [0.15, 0.2) is 0 Å². The van der Waals surface area contributed by atoms with Crippen LogP contribution in [0.25, 0.3) is 0 Å². The van der Waals surface area contributed by atoms with Crippen LogP contribution < -0.4 is 5.32 Å². The summed E-state index contributed by atoms with van der Waals surface area (Å²) in [7, 11) is 0. The van der Waals surface area contributed by atoms with Crippen LogP contribution in [0.15, 0.2) is 65.3 Å². The molecule has 2 aromatic carbocycles. The minimum Gasteiger partial charge on any atom is -0.350 e. The zero-order valence-electron chi connectivity index (χ0n) is 13.3. The maximum atomic E-state index is 12.5. The number of aryl methyl sites for hydroxylation is 1. The molecule has 5 heteroatoms. The summed E-state index contributed by atoms with van der Waals surface area (Å²) in [5, 5.41) is 2.90. The maximum absolute atomic E-state index is 12.5. The highest BCUT2D eigenvalue weighted by Gasteiger charge is 2.37. The molecule has 3 rings (SSSR count). The first-order chi connectivity index (χ1) is 11.6. The third-order valence-electron chi connectivity index (χ3n) is 3.90. The van der Waals surface area contributed by atoms with Crippen LogP contribution in [0.1, 0.15) is 11.1 Å². The summed E-state index contributed by atoms with van der Waals surface area (Å²) >= 11 is 6.09. The Bertz CT molecular complexity index is 798. The highest BCUT2D eigenvalue weighted by Crippen LogP contribution is 2.26. The van der Waals surface area contributed by atoms with E-state index in [0.717, 1.165) is 16.8 Å². The first-order valence-corrected chi connectivity index (χ1v) is 8.07. The number of rotatable bonds is 5. The zero-order valence-corrected chi connectivity index (χ0v) is 14.0. The van der Waals surface area contributed by atoms with E-state index >= 15 is 0 Å². The van der Waals surface area contributed by atoms with E-state index in [1.165, 1.54) is 4.90 Å². The molecular weight excluding hydrogens is 324 g/mol. The Kier molecular flexibility index (Phi) is 4.67. The fourth-order valence-corrected chi connectivity index (χ4v) is 2.75. The van der Waals surface area contributed by atoms with Gasteiger partial charge in [-0.25, -0.2) is 0 Å². The van der Waals surface area contributed by atoms with Crippen molar-refractivity contribution in [2.24, 2.45) is 0 Å². The molecular formula is C19H17ClN2O2. The Balaban J connectivity index is 1.71. The fourth-order valence-electron chi connectivity index (χ4n) is 2.52. The van der Waals surface area contributed by atoms with E-state index in [0.29, 0.717) is 13.0 Å². The predicted octanol–water partition coefficient (Wildman–Crippen LogP) is 3.47. The number of carbonyl (C=O) groups excluding carboxylic acids is 2. The van der Waals surface area contributed by atoms with Gasteiger partial charge in [-0.1, -0.05) is 59.6 Å². The lowest BCUT2D eigenvalue weighted by Crippen LogP contribution is -2.34. The second kappa shape index (κ2) is 6.89. The van der Waals surface area contributed by atoms with Crippen molar-refractivity contribution in [2.45, 2.75) is 13.3 Å². The molecule has 0 fully saturated rings. The number of amides is 2. The summed E-state index contributed by atoms with van der Waals surface area (Å²) in [6.07, 6.45) is 0.598. The van der Waals surface area contributed by atoms with Crippen LogP contribution in [0.2, 0.25) is 0 Å². The highest BCUT2D eigenvalue weighted by molar-refractivity contribution is 6.48. The summed E-state index contributed by atoms with van der Waals surface area (Å²) in [6.45, 7) is 2.28.